The molecule has 1 atom stereocenters. The molecule has 0 aliphatic carbocycles. The lowest BCUT2D eigenvalue weighted by molar-refractivity contribution is 0.839. The quantitative estimate of drug-likeness (QED) is 0.599. The Hall–Kier alpha value is -0.563. The maximum absolute atomic E-state index is 2.48. The first-order valence-corrected chi connectivity index (χ1v) is 9.42. The van der Waals surface area contributed by atoms with Crippen LogP contribution < -0.4 is 0 Å². The SMILES string of the molecule is CC[Si](CC)(CC)C(C)Cc1ccccc1. The highest BCUT2D eigenvalue weighted by Gasteiger charge is 2.32. The van der Waals surface area contributed by atoms with Crippen LogP contribution in [0.1, 0.15) is 33.3 Å². The average Bonchev–Trinajstić information content (AvgIpc) is 2.33. The molecule has 0 saturated heterocycles. The van der Waals surface area contributed by atoms with E-state index in [0.717, 1.165) is 5.54 Å². The standard InChI is InChI=1S/C15H26Si/c1-5-16(6-2,7-3)14(4)13-15-11-9-8-10-12-15/h8-12,14H,5-7,13H2,1-4H3. The molecule has 1 heteroatoms. The minimum Gasteiger partial charge on any atom is -0.0678 e. The number of rotatable bonds is 6. The fourth-order valence-corrected chi connectivity index (χ4v) is 7.24. The van der Waals surface area contributed by atoms with E-state index in [4.69, 9.17) is 0 Å². The van der Waals surface area contributed by atoms with Gasteiger partial charge in [0.1, 0.15) is 0 Å². The first-order valence-electron chi connectivity index (χ1n) is 6.72. The number of benzene rings is 1. The Morgan fingerprint density at radius 3 is 1.88 bits per heavy atom. The lowest BCUT2D eigenvalue weighted by atomic mass is 10.1. The molecule has 0 bridgehead atoms. The number of hydrogen-bond acceptors (Lipinski definition) is 0. The van der Waals surface area contributed by atoms with Crippen molar-refractivity contribution in [2.75, 3.05) is 0 Å². The first-order chi connectivity index (χ1) is 7.68. The summed E-state index contributed by atoms with van der Waals surface area (Å²) >= 11 is 0. The van der Waals surface area contributed by atoms with Crippen molar-refractivity contribution in [3.05, 3.63) is 35.9 Å². The Bertz CT molecular complexity index is 279. The zero-order valence-electron chi connectivity index (χ0n) is 11.3. The van der Waals surface area contributed by atoms with Gasteiger partial charge in [-0.15, -0.1) is 0 Å². The summed E-state index contributed by atoms with van der Waals surface area (Å²) in [4.78, 5) is 0. The van der Waals surface area contributed by atoms with Gasteiger partial charge in [0, 0.05) is 0 Å². The van der Waals surface area contributed by atoms with E-state index in [1.54, 1.807) is 0 Å². The van der Waals surface area contributed by atoms with Gasteiger partial charge in [0.15, 0.2) is 0 Å². The van der Waals surface area contributed by atoms with E-state index in [1.165, 1.54) is 30.1 Å². The van der Waals surface area contributed by atoms with Gasteiger partial charge in [-0.1, -0.05) is 76.2 Å². The van der Waals surface area contributed by atoms with Crippen LogP contribution in [0.2, 0.25) is 23.7 Å². The molecule has 0 aliphatic heterocycles. The zero-order valence-corrected chi connectivity index (χ0v) is 12.3. The van der Waals surface area contributed by atoms with Gasteiger partial charge in [-0.25, -0.2) is 0 Å². The second-order valence-corrected chi connectivity index (χ2v) is 10.8. The number of hydrogen-bond donors (Lipinski definition) is 0. The van der Waals surface area contributed by atoms with Crippen molar-refractivity contribution in [3.8, 4) is 0 Å². The van der Waals surface area contributed by atoms with Gasteiger partial charge in [-0.3, -0.25) is 0 Å². The molecule has 0 nitrogen and oxygen atoms in total. The van der Waals surface area contributed by atoms with E-state index >= 15 is 0 Å². The van der Waals surface area contributed by atoms with Crippen molar-refractivity contribution < 1.29 is 0 Å². The summed E-state index contributed by atoms with van der Waals surface area (Å²) in [6, 6.07) is 15.3. The van der Waals surface area contributed by atoms with E-state index in [-0.39, 0.29) is 0 Å². The van der Waals surface area contributed by atoms with Crippen molar-refractivity contribution in [1.29, 1.82) is 0 Å². The Kier molecular flexibility index (Phi) is 5.27. The van der Waals surface area contributed by atoms with Crippen molar-refractivity contribution >= 4 is 8.07 Å². The topological polar surface area (TPSA) is 0 Å². The summed E-state index contributed by atoms with van der Waals surface area (Å²) in [5.74, 6) is 0. The third-order valence-corrected chi connectivity index (χ3v) is 11.1. The molecule has 90 valence electrons. The highest BCUT2D eigenvalue weighted by molar-refractivity contribution is 6.81. The van der Waals surface area contributed by atoms with E-state index in [1.807, 2.05) is 0 Å². The van der Waals surface area contributed by atoms with Crippen molar-refractivity contribution in [3.63, 3.8) is 0 Å². The molecule has 1 rings (SSSR count). The molecule has 0 N–H and O–H groups in total. The van der Waals surface area contributed by atoms with Gasteiger partial charge in [0.05, 0.1) is 8.07 Å². The molecule has 0 fully saturated rings. The molecule has 0 radical (unpaired) electrons. The van der Waals surface area contributed by atoms with Crippen LogP contribution in [0.3, 0.4) is 0 Å². The summed E-state index contributed by atoms with van der Waals surface area (Å²) in [6.45, 7) is 9.69. The Morgan fingerprint density at radius 2 is 1.44 bits per heavy atom. The van der Waals surface area contributed by atoms with Crippen LogP contribution in [0, 0.1) is 0 Å². The maximum Gasteiger partial charge on any atom is 0.0559 e. The smallest absolute Gasteiger partial charge is 0.0559 e. The second kappa shape index (κ2) is 6.24. The first kappa shape index (κ1) is 13.5. The van der Waals surface area contributed by atoms with Crippen LogP contribution >= 0.6 is 0 Å². The molecule has 0 amide bonds. The molecule has 16 heavy (non-hydrogen) atoms. The highest BCUT2D eigenvalue weighted by atomic mass is 28.3. The predicted octanol–water partition coefficient (Wildman–Crippen LogP) is 5.13. The highest BCUT2D eigenvalue weighted by Crippen LogP contribution is 2.35. The van der Waals surface area contributed by atoms with Crippen LogP contribution in [-0.2, 0) is 6.42 Å². The molecule has 1 unspecified atom stereocenters. The van der Waals surface area contributed by atoms with Gasteiger partial charge in [-0.05, 0) is 17.5 Å². The minimum absolute atomic E-state index is 0.912. The summed E-state index contributed by atoms with van der Waals surface area (Å²) in [7, 11) is -1.00. The third-order valence-electron chi connectivity index (χ3n) is 4.54. The summed E-state index contributed by atoms with van der Waals surface area (Å²) < 4.78 is 0. The van der Waals surface area contributed by atoms with Gasteiger partial charge in [-0.2, -0.15) is 0 Å². The zero-order chi connectivity index (χ0) is 12.0. The van der Waals surface area contributed by atoms with Gasteiger partial charge in [0.2, 0.25) is 0 Å². The van der Waals surface area contributed by atoms with Crippen molar-refractivity contribution in [1.82, 2.24) is 0 Å². The lowest BCUT2D eigenvalue weighted by Crippen LogP contribution is -2.37. The molecular formula is C15H26Si. The van der Waals surface area contributed by atoms with E-state index in [2.05, 4.69) is 58.0 Å². The molecule has 1 aromatic carbocycles. The molecular weight excluding hydrogens is 208 g/mol. The van der Waals surface area contributed by atoms with Gasteiger partial charge < -0.3 is 0 Å². The average molecular weight is 234 g/mol. The second-order valence-electron chi connectivity index (χ2n) is 5.01. The van der Waals surface area contributed by atoms with Crippen LogP contribution in [0.5, 0.6) is 0 Å². The molecule has 0 aromatic heterocycles. The fraction of sp³-hybridized carbons (Fsp3) is 0.600. The van der Waals surface area contributed by atoms with Gasteiger partial charge in [0.25, 0.3) is 0 Å². The van der Waals surface area contributed by atoms with Crippen LogP contribution in [-0.4, -0.2) is 8.07 Å². The monoisotopic (exact) mass is 234 g/mol. The maximum atomic E-state index is 2.48. The Morgan fingerprint density at radius 1 is 0.938 bits per heavy atom. The van der Waals surface area contributed by atoms with E-state index < -0.39 is 8.07 Å². The van der Waals surface area contributed by atoms with Crippen molar-refractivity contribution in [2.24, 2.45) is 0 Å². The molecule has 0 saturated carbocycles. The normalized spacial score (nSPS) is 13.8. The van der Waals surface area contributed by atoms with Crippen LogP contribution in [0.25, 0.3) is 0 Å². The van der Waals surface area contributed by atoms with E-state index in [9.17, 15) is 0 Å². The largest absolute Gasteiger partial charge is 0.0678 e. The molecule has 0 heterocycles. The molecule has 0 spiro atoms. The summed E-state index contributed by atoms with van der Waals surface area (Å²) in [5, 5.41) is 0. The summed E-state index contributed by atoms with van der Waals surface area (Å²) in [5.41, 5.74) is 2.43. The summed E-state index contributed by atoms with van der Waals surface area (Å²) in [6.07, 6.45) is 1.28. The third kappa shape index (κ3) is 2.97. The molecule has 0 aliphatic rings. The van der Waals surface area contributed by atoms with E-state index in [0.29, 0.717) is 0 Å². The Balaban J connectivity index is 2.73. The van der Waals surface area contributed by atoms with Gasteiger partial charge >= 0.3 is 0 Å². The Labute approximate surface area is 102 Å². The molecule has 1 aromatic rings. The van der Waals surface area contributed by atoms with Crippen LogP contribution in [0.4, 0.5) is 0 Å². The van der Waals surface area contributed by atoms with Crippen molar-refractivity contribution in [2.45, 2.75) is 57.8 Å². The fourth-order valence-electron chi connectivity index (χ4n) is 2.98. The van der Waals surface area contributed by atoms with Crippen LogP contribution in [0.15, 0.2) is 30.3 Å². The lowest BCUT2D eigenvalue weighted by Gasteiger charge is -2.35. The predicted molar refractivity (Wildman–Crippen MR) is 76.8 cm³/mol. The minimum atomic E-state index is -1.00.